The van der Waals surface area contributed by atoms with Crippen molar-refractivity contribution >= 4 is 0 Å². The van der Waals surface area contributed by atoms with Gasteiger partial charge in [-0.25, -0.2) is 4.98 Å². The van der Waals surface area contributed by atoms with E-state index in [2.05, 4.69) is 43.1 Å². The molecule has 0 bridgehead atoms. The Morgan fingerprint density at radius 3 is 2.75 bits per heavy atom. The summed E-state index contributed by atoms with van der Waals surface area (Å²) in [5.74, 6) is 1.55. The fraction of sp³-hybridized carbons (Fsp3) is 0.600. The van der Waals surface area contributed by atoms with Crippen LogP contribution < -0.4 is 5.32 Å². The van der Waals surface area contributed by atoms with Crippen LogP contribution in [-0.2, 0) is 13.0 Å². The molecule has 0 aromatic carbocycles. The molecule has 0 amide bonds. The molecular weight excluding hydrogens is 252 g/mol. The molecule has 5 nitrogen and oxygen atoms in total. The summed E-state index contributed by atoms with van der Waals surface area (Å²) in [7, 11) is 0. The average molecular weight is 276 g/mol. The van der Waals surface area contributed by atoms with E-state index in [1.807, 2.05) is 17.7 Å². The third kappa shape index (κ3) is 3.70. The molecule has 0 aliphatic heterocycles. The van der Waals surface area contributed by atoms with Crippen LogP contribution in [0.2, 0.25) is 0 Å². The average Bonchev–Trinajstić information content (AvgIpc) is 2.93. The van der Waals surface area contributed by atoms with Gasteiger partial charge in [-0.2, -0.15) is 5.10 Å². The molecule has 0 fully saturated rings. The van der Waals surface area contributed by atoms with Gasteiger partial charge >= 0.3 is 0 Å². The van der Waals surface area contributed by atoms with Crippen LogP contribution in [0.25, 0.3) is 11.5 Å². The molecule has 5 heteroatoms. The van der Waals surface area contributed by atoms with Crippen molar-refractivity contribution in [3.05, 3.63) is 23.8 Å². The van der Waals surface area contributed by atoms with Gasteiger partial charge in [0.2, 0.25) is 0 Å². The first-order valence-electron chi connectivity index (χ1n) is 7.13. The quantitative estimate of drug-likeness (QED) is 0.912. The number of oxazole rings is 1. The Bertz CT molecular complexity index is 563. The van der Waals surface area contributed by atoms with E-state index in [0.717, 1.165) is 42.5 Å². The van der Waals surface area contributed by atoms with Crippen LogP contribution in [0.3, 0.4) is 0 Å². The van der Waals surface area contributed by atoms with Crippen molar-refractivity contribution in [1.29, 1.82) is 0 Å². The number of aromatic nitrogens is 3. The van der Waals surface area contributed by atoms with Crippen LogP contribution in [0, 0.1) is 6.92 Å². The first-order valence-corrected chi connectivity index (χ1v) is 7.13. The number of nitrogens with zero attached hydrogens (tertiary/aromatic N) is 3. The summed E-state index contributed by atoms with van der Waals surface area (Å²) in [5.41, 5.74) is 2.11. The van der Waals surface area contributed by atoms with E-state index in [9.17, 15) is 0 Å². The zero-order chi connectivity index (χ0) is 14.8. The lowest BCUT2D eigenvalue weighted by Crippen LogP contribution is -2.37. The lowest BCUT2D eigenvalue weighted by molar-refractivity contribution is 0.411. The molecule has 0 saturated carbocycles. The summed E-state index contributed by atoms with van der Waals surface area (Å²) >= 11 is 0. The van der Waals surface area contributed by atoms with Crippen molar-refractivity contribution < 1.29 is 4.42 Å². The molecule has 0 radical (unpaired) electrons. The van der Waals surface area contributed by atoms with Crippen molar-refractivity contribution in [1.82, 2.24) is 20.1 Å². The fourth-order valence-electron chi connectivity index (χ4n) is 2.07. The highest BCUT2D eigenvalue weighted by molar-refractivity contribution is 5.51. The Morgan fingerprint density at radius 2 is 2.10 bits per heavy atom. The lowest BCUT2D eigenvalue weighted by Gasteiger charge is -2.19. The van der Waals surface area contributed by atoms with E-state index in [4.69, 9.17) is 4.42 Å². The maximum absolute atomic E-state index is 5.83. The molecule has 0 spiro atoms. The van der Waals surface area contributed by atoms with Gasteiger partial charge in [0.15, 0.2) is 11.7 Å². The monoisotopic (exact) mass is 276 g/mol. The number of rotatable bonds is 5. The second-order valence-electron chi connectivity index (χ2n) is 6.03. The molecule has 0 aliphatic carbocycles. The van der Waals surface area contributed by atoms with Crippen molar-refractivity contribution in [3.63, 3.8) is 0 Å². The van der Waals surface area contributed by atoms with Crippen LogP contribution >= 0.6 is 0 Å². The van der Waals surface area contributed by atoms with Gasteiger partial charge in [-0.15, -0.1) is 0 Å². The highest BCUT2D eigenvalue weighted by Gasteiger charge is 2.13. The SMILES string of the molecule is CCn1nc(C)cc1-c1cnc(CCNC(C)(C)C)o1. The normalized spacial score (nSPS) is 12.1. The topological polar surface area (TPSA) is 55.9 Å². The number of nitrogens with one attached hydrogen (secondary N) is 1. The number of hydrogen-bond donors (Lipinski definition) is 1. The Kier molecular flexibility index (Phi) is 4.28. The molecule has 1 N–H and O–H groups in total. The highest BCUT2D eigenvalue weighted by atomic mass is 16.4. The summed E-state index contributed by atoms with van der Waals surface area (Å²) in [6, 6.07) is 2.03. The van der Waals surface area contributed by atoms with Crippen molar-refractivity contribution in [2.24, 2.45) is 0 Å². The predicted octanol–water partition coefficient (Wildman–Crippen LogP) is 2.80. The third-order valence-corrected chi connectivity index (χ3v) is 3.00. The third-order valence-electron chi connectivity index (χ3n) is 3.00. The Labute approximate surface area is 120 Å². The van der Waals surface area contributed by atoms with E-state index < -0.39 is 0 Å². The molecule has 110 valence electrons. The van der Waals surface area contributed by atoms with Crippen LogP contribution in [0.15, 0.2) is 16.7 Å². The molecule has 2 aromatic rings. The van der Waals surface area contributed by atoms with Gasteiger partial charge < -0.3 is 9.73 Å². The van der Waals surface area contributed by atoms with Crippen LogP contribution in [0.5, 0.6) is 0 Å². The van der Waals surface area contributed by atoms with Gasteiger partial charge in [0.1, 0.15) is 5.69 Å². The minimum Gasteiger partial charge on any atom is -0.439 e. The Morgan fingerprint density at radius 1 is 1.35 bits per heavy atom. The zero-order valence-electron chi connectivity index (χ0n) is 13.0. The maximum atomic E-state index is 5.83. The van der Waals surface area contributed by atoms with Crippen LogP contribution in [-0.4, -0.2) is 26.8 Å². The molecule has 2 aromatic heterocycles. The smallest absolute Gasteiger partial charge is 0.196 e. The lowest BCUT2D eigenvalue weighted by atomic mass is 10.1. The Balaban J connectivity index is 2.05. The second-order valence-corrected chi connectivity index (χ2v) is 6.03. The summed E-state index contributed by atoms with van der Waals surface area (Å²) in [6.07, 6.45) is 2.57. The molecule has 0 saturated heterocycles. The van der Waals surface area contributed by atoms with Gasteiger partial charge in [0, 0.05) is 25.0 Å². The van der Waals surface area contributed by atoms with Gasteiger partial charge in [0.05, 0.1) is 11.9 Å². The molecule has 0 unspecified atom stereocenters. The fourth-order valence-corrected chi connectivity index (χ4v) is 2.07. The second kappa shape index (κ2) is 5.79. The highest BCUT2D eigenvalue weighted by Crippen LogP contribution is 2.21. The zero-order valence-corrected chi connectivity index (χ0v) is 13.0. The van der Waals surface area contributed by atoms with Crippen molar-refractivity contribution in [3.8, 4) is 11.5 Å². The van der Waals surface area contributed by atoms with E-state index >= 15 is 0 Å². The maximum Gasteiger partial charge on any atom is 0.196 e. The first-order chi connectivity index (χ1) is 9.39. The van der Waals surface area contributed by atoms with Gasteiger partial charge in [-0.05, 0) is 40.7 Å². The van der Waals surface area contributed by atoms with Gasteiger partial charge in [-0.3, -0.25) is 4.68 Å². The van der Waals surface area contributed by atoms with Crippen LogP contribution in [0.4, 0.5) is 0 Å². The van der Waals surface area contributed by atoms with Crippen molar-refractivity contribution in [2.45, 2.75) is 53.1 Å². The molecule has 0 atom stereocenters. The number of hydrogen-bond acceptors (Lipinski definition) is 4. The molecular formula is C15H24N4O. The predicted molar refractivity (Wildman–Crippen MR) is 79.6 cm³/mol. The molecule has 20 heavy (non-hydrogen) atoms. The minimum atomic E-state index is 0.118. The summed E-state index contributed by atoms with van der Waals surface area (Å²) in [5, 5.41) is 7.85. The Hall–Kier alpha value is -1.62. The minimum absolute atomic E-state index is 0.118. The summed E-state index contributed by atoms with van der Waals surface area (Å²) < 4.78 is 7.77. The molecule has 2 rings (SSSR count). The van der Waals surface area contributed by atoms with Gasteiger partial charge in [-0.1, -0.05) is 0 Å². The van der Waals surface area contributed by atoms with Crippen LogP contribution in [0.1, 0.15) is 39.3 Å². The largest absolute Gasteiger partial charge is 0.439 e. The van der Waals surface area contributed by atoms with E-state index in [-0.39, 0.29) is 5.54 Å². The van der Waals surface area contributed by atoms with Gasteiger partial charge in [0.25, 0.3) is 0 Å². The van der Waals surface area contributed by atoms with E-state index in [1.54, 1.807) is 6.20 Å². The van der Waals surface area contributed by atoms with E-state index in [0.29, 0.717) is 0 Å². The molecule has 0 aliphatic rings. The summed E-state index contributed by atoms with van der Waals surface area (Å²) in [6.45, 7) is 12.2. The standard InChI is InChI=1S/C15H24N4O/c1-6-19-12(9-11(2)18-19)13-10-16-14(20-13)7-8-17-15(3,4)5/h9-10,17H,6-8H2,1-5H3. The van der Waals surface area contributed by atoms with Crippen molar-refractivity contribution in [2.75, 3.05) is 6.54 Å². The number of aryl methyl sites for hydroxylation is 2. The first kappa shape index (κ1) is 14.8. The van der Waals surface area contributed by atoms with E-state index in [1.165, 1.54) is 0 Å². The summed E-state index contributed by atoms with van der Waals surface area (Å²) in [4.78, 5) is 4.35. The molecule has 2 heterocycles.